The van der Waals surface area contributed by atoms with Crippen LogP contribution in [0.4, 0.5) is 0 Å². The van der Waals surface area contributed by atoms with Crippen molar-refractivity contribution in [2.45, 2.75) is 33.6 Å². The third-order valence-corrected chi connectivity index (χ3v) is 3.47. The van der Waals surface area contributed by atoms with E-state index in [2.05, 4.69) is 13.8 Å². The Balaban J connectivity index is 2.29. The molecule has 88 valence electrons. The van der Waals surface area contributed by atoms with Gasteiger partial charge in [0.1, 0.15) is 11.3 Å². The number of aryl methyl sites for hydroxylation is 1. The quantitative estimate of drug-likeness (QED) is 0.684. The van der Waals surface area contributed by atoms with Crippen molar-refractivity contribution >= 4 is 16.8 Å². The summed E-state index contributed by atoms with van der Waals surface area (Å²) in [6.07, 6.45) is 1.46. The summed E-state index contributed by atoms with van der Waals surface area (Å²) in [5, 5.41) is 0.987. The summed E-state index contributed by atoms with van der Waals surface area (Å²) in [5.74, 6) is 1.09. The third-order valence-electron chi connectivity index (χ3n) is 3.47. The molecule has 2 aromatic rings. The third kappa shape index (κ3) is 1.59. The highest BCUT2D eigenvalue weighted by molar-refractivity contribution is 6.09. The Bertz CT molecular complexity index is 617. The van der Waals surface area contributed by atoms with Crippen molar-refractivity contribution in [1.29, 1.82) is 0 Å². The van der Waals surface area contributed by atoms with Crippen LogP contribution in [-0.4, -0.2) is 5.78 Å². The van der Waals surface area contributed by atoms with Crippen LogP contribution in [-0.2, 0) is 6.42 Å². The molecule has 0 unspecified atom stereocenters. The predicted octanol–water partition coefficient (Wildman–Crippen LogP) is 3.90. The van der Waals surface area contributed by atoms with Crippen LogP contribution in [0.2, 0.25) is 0 Å². The highest BCUT2D eigenvalue weighted by Crippen LogP contribution is 2.39. The van der Waals surface area contributed by atoms with Gasteiger partial charge in [-0.1, -0.05) is 25.5 Å². The van der Waals surface area contributed by atoms with E-state index in [1.165, 1.54) is 5.56 Å². The van der Waals surface area contributed by atoms with E-state index in [0.717, 1.165) is 28.7 Å². The van der Waals surface area contributed by atoms with Crippen molar-refractivity contribution in [2.24, 2.45) is 5.41 Å². The molecule has 0 amide bonds. The number of hydrogen-bond acceptors (Lipinski definition) is 2. The molecule has 17 heavy (non-hydrogen) atoms. The molecule has 0 saturated heterocycles. The fourth-order valence-electron chi connectivity index (χ4n) is 2.71. The molecule has 0 spiro atoms. The Hall–Kier alpha value is -1.57. The lowest BCUT2D eigenvalue weighted by Crippen LogP contribution is -2.25. The number of rotatable bonds is 0. The minimum absolute atomic E-state index is 0.0208. The van der Waals surface area contributed by atoms with Crippen LogP contribution >= 0.6 is 0 Å². The van der Waals surface area contributed by atoms with E-state index >= 15 is 0 Å². The van der Waals surface area contributed by atoms with Crippen molar-refractivity contribution in [3.05, 3.63) is 35.1 Å². The first-order valence-corrected chi connectivity index (χ1v) is 6.01. The molecule has 0 bridgehead atoms. The monoisotopic (exact) mass is 228 g/mol. The molecule has 2 nitrogen and oxygen atoms in total. The molecular weight excluding hydrogens is 212 g/mol. The number of ketones is 1. The number of benzene rings is 1. The van der Waals surface area contributed by atoms with Gasteiger partial charge in [0.2, 0.25) is 0 Å². The minimum Gasteiger partial charge on any atom is -0.460 e. The summed E-state index contributed by atoms with van der Waals surface area (Å²) in [6.45, 7) is 6.27. The van der Waals surface area contributed by atoms with Gasteiger partial charge in [-0.25, -0.2) is 0 Å². The molecule has 0 atom stereocenters. The molecule has 1 aliphatic rings. The first-order chi connectivity index (χ1) is 7.96. The average Bonchev–Trinajstić information content (AvgIpc) is 2.52. The summed E-state index contributed by atoms with van der Waals surface area (Å²) in [5.41, 5.74) is 2.85. The van der Waals surface area contributed by atoms with Crippen molar-refractivity contribution in [3.63, 3.8) is 0 Å². The number of Topliss-reactive ketones (excluding diaryl/α,β-unsaturated/α-hetero) is 1. The first kappa shape index (κ1) is 10.6. The maximum atomic E-state index is 12.2. The molecule has 2 heteroatoms. The molecule has 0 aliphatic heterocycles. The van der Waals surface area contributed by atoms with Gasteiger partial charge >= 0.3 is 0 Å². The zero-order valence-electron chi connectivity index (χ0n) is 10.5. The number of hydrogen-bond donors (Lipinski definition) is 0. The van der Waals surface area contributed by atoms with E-state index in [1.807, 2.05) is 25.1 Å². The number of carbonyl (C=O) groups excluding carboxylic acids is 1. The van der Waals surface area contributed by atoms with E-state index in [9.17, 15) is 4.79 Å². The SMILES string of the molecule is Cc1ccc2oc3c(c2c1)C(=O)CC(C)(C)C3. The van der Waals surface area contributed by atoms with E-state index in [-0.39, 0.29) is 11.2 Å². The molecule has 1 heterocycles. The maximum Gasteiger partial charge on any atom is 0.167 e. The zero-order valence-corrected chi connectivity index (χ0v) is 10.5. The predicted molar refractivity (Wildman–Crippen MR) is 67.4 cm³/mol. The first-order valence-electron chi connectivity index (χ1n) is 6.01. The van der Waals surface area contributed by atoms with Gasteiger partial charge in [-0.15, -0.1) is 0 Å². The lowest BCUT2D eigenvalue weighted by molar-refractivity contribution is 0.0906. The summed E-state index contributed by atoms with van der Waals surface area (Å²) in [7, 11) is 0. The van der Waals surface area contributed by atoms with Crippen LogP contribution in [0.25, 0.3) is 11.0 Å². The average molecular weight is 228 g/mol. The Labute approximate surface area is 101 Å². The second kappa shape index (κ2) is 3.22. The highest BCUT2D eigenvalue weighted by Gasteiger charge is 2.34. The number of fused-ring (bicyclic) bond motifs is 3. The Kier molecular flexibility index (Phi) is 2.00. The van der Waals surface area contributed by atoms with Gasteiger partial charge in [-0.3, -0.25) is 4.79 Å². The number of furan rings is 1. The summed E-state index contributed by atoms with van der Waals surface area (Å²) >= 11 is 0. The van der Waals surface area contributed by atoms with Gasteiger partial charge in [0, 0.05) is 18.2 Å². The summed E-state index contributed by atoms with van der Waals surface area (Å²) in [4.78, 5) is 12.2. The van der Waals surface area contributed by atoms with Gasteiger partial charge < -0.3 is 4.42 Å². The number of carbonyl (C=O) groups is 1. The fraction of sp³-hybridized carbons (Fsp3) is 0.400. The molecule has 0 saturated carbocycles. The second-order valence-corrected chi connectivity index (χ2v) is 5.84. The molecule has 0 radical (unpaired) electrons. The molecule has 0 fully saturated rings. The molecule has 1 aromatic carbocycles. The molecule has 0 N–H and O–H groups in total. The van der Waals surface area contributed by atoms with Crippen LogP contribution in [0.1, 0.15) is 41.9 Å². The van der Waals surface area contributed by atoms with Crippen LogP contribution in [0.15, 0.2) is 22.6 Å². The van der Waals surface area contributed by atoms with Crippen LogP contribution in [0.5, 0.6) is 0 Å². The van der Waals surface area contributed by atoms with E-state index in [1.54, 1.807) is 0 Å². The Morgan fingerprint density at radius 1 is 1.24 bits per heavy atom. The summed E-state index contributed by atoms with van der Waals surface area (Å²) in [6, 6.07) is 6.03. The molecule has 1 aromatic heterocycles. The van der Waals surface area contributed by atoms with Gasteiger partial charge in [-0.05, 0) is 24.5 Å². The van der Waals surface area contributed by atoms with Gasteiger partial charge in [0.05, 0.1) is 5.56 Å². The standard InChI is InChI=1S/C15H16O2/c1-9-4-5-12-10(6-9)14-11(16)7-15(2,3)8-13(14)17-12/h4-6H,7-8H2,1-3H3. The largest absolute Gasteiger partial charge is 0.460 e. The van der Waals surface area contributed by atoms with Crippen molar-refractivity contribution < 1.29 is 9.21 Å². The Morgan fingerprint density at radius 2 is 2.00 bits per heavy atom. The topological polar surface area (TPSA) is 30.2 Å². The van der Waals surface area contributed by atoms with Gasteiger partial charge in [-0.2, -0.15) is 0 Å². The molecular formula is C15H16O2. The van der Waals surface area contributed by atoms with E-state index in [0.29, 0.717) is 6.42 Å². The fourth-order valence-corrected chi connectivity index (χ4v) is 2.71. The van der Waals surface area contributed by atoms with Crippen molar-refractivity contribution in [2.75, 3.05) is 0 Å². The van der Waals surface area contributed by atoms with Crippen LogP contribution in [0, 0.1) is 12.3 Å². The van der Waals surface area contributed by atoms with Crippen LogP contribution < -0.4 is 0 Å². The highest BCUT2D eigenvalue weighted by atomic mass is 16.3. The molecule has 1 aliphatic carbocycles. The van der Waals surface area contributed by atoms with E-state index in [4.69, 9.17) is 4.42 Å². The van der Waals surface area contributed by atoms with Crippen LogP contribution in [0.3, 0.4) is 0 Å². The van der Waals surface area contributed by atoms with E-state index < -0.39 is 0 Å². The minimum atomic E-state index is 0.0208. The lowest BCUT2D eigenvalue weighted by atomic mass is 9.76. The smallest absolute Gasteiger partial charge is 0.167 e. The zero-order chi connectivity index (χ0) is 12.2. The summed E-state index contributed by atoms with van der Waals surface area (Å²) < 4.78 is 5.83. The van der Waals surface area contributed by atoms with Gasteiger partial charge in [0.15, 0.2) is 5.78 Å². The van der Waals surface area contributed by atoms with Crippen molar-refractivity contribution in [3.8, 4) is 0 Å². The van der Waals surface area contributed by atoms with Gasteiger partial charge in [0.25, 0.3) is 0 Å². The Morgan fingerprint density at radius 3 is 2.76 bits per heavy atom. The normalized spacial score (nSPS) is 18.4. The lowest BCUT2D eigenvalue weighted by Gasteiger charge is -2.27. The second-order valence-electron chi connectivity index (χ2n) is 5.84. The van der Waals surface area contributed by atoms with Crippen molar-refractivity contribution in [1.82, 2.24) is 0 Å². The maximum absolute atomic E-state index is 12.2. The molecule has 3 rings (SSSR count).